The van der Waals surface area contributed by atoms with Crippen molar-refractivity contribution < 1.29 is 4.39 Å². The van der Waals surface area contributed by atoms with Crippen LogP contribution >= 0.6 is 11.6 Å². The number of halogens is 2. The topological polar surface area (TPSA) is 50.7 Å². The van der Waals surface area contributed by atoms with Crippen molar-refractivity contribution in [2.45, 2.75) is 13.0 Å². The smallest absolute Gasteiger partial charge is 0.149 e. The van der Waals surface area contributed by atoms with E-state index in [1.54, 1.807) is 12.3 Å². The van der Waals surface area contributed by atoms with Crippen LogP contribution in [-0.2, 0) is 0 Å². The summed E-state index contributed by atoms with van der Waals surface area (Å²) >= 11 is 5.72. The number of pyridine rings is 1. The number of nitrogens with one attached hydrogen (secondary N) is 1. The van der Waals surface area contributed by atoms with Crippen molar-refractivity contribution in [2.24, 2.45) is 0 Å². The van der Waals surface area contributed by atoms with E-state index in [0.717, 1.165) is 0 Å². The summed E-state index contributed by atoms with van der Waals surface area (Å²) in [5.74, 6) is 0.194. The molecular weight excluding hydrogens is 243 g/mol. The van der Waals surface area contributed by atoms with Crippen LogP contribution in [0.2, 0.25) is 5.15 Å². The molecule has 0 aliphatic rings. The maximum absolute atomic E-state index is 12.7. The van der Waals surface area contributed by atoms with E-state index in [9.17, 15) is 4.39 Å². The Labute approximate surface area is 103 Å². The molecule has 2 rings (SSSR count). The van der Waals surface area contributed by atoms with Gasteiger partial charge in [0, 0.05) is 0 Å². The fourth-order valence-corrected chi connectivity index (χ4v) is 1.50. The Balaban J connectivity index is 2.11. The zero-order chi connectivity index (χ0) is 12.3. The molecule has 0 amide bonds. The molecule has 0 saturated carbocycles. The largest absolute Gasteiger partial charge is 0.361 e. The van der Waals surface area contributed by atoms with Gasteiger partial charge in [-0.05, 0) is 19.1 Å². The highest BCUT2D eigenvalue weighted by atomic mass is 35.5. The van der Waals surface area contributed by atoms with Crippen LogP contribution in [0.1, 0.15) is 18.7 Å². The summed E-state index contributed by atoms with van der Waals surface area (Å²) in [5, 5.41) is 3.39. The highest BCUT2D eigenvalue weighted by Crippen LogP contribution is 2.16. The van der Waals surface area contributed by atoms with Gasteiger partial charge in [-0.1, -0.05) is 11.6 Å². The van der Waals surface area contributed by atoms with Crippen LogP contribution in [0, 0.1) is 5.82 Å². The Morgan fingerprint density at radius 1 is 1.29 bits per heavy atom. The molecule has 0 saturated heterocycles. The highest BCUT2D eigenvalue weighted by molar-refractivity contribution is 6.29. The number of nitrogens with zero attached hydrogens (tertiary/aromatic N) is 3. The minimum absolute atomic E-state index is 0.108. The maximum atomic E-state index is 12.7. The zero-order valence-electron chi connectivity index (χ0n) is 9.06. The zero-order valence-corrected chi connectivity index (χ0v) is 9.82. The van der Waals surface area contributed by atoms with Crippen LogP contribution in [-0.4, -0.2) is 15.0 Å². The van der Waals surface area contributed by atoms with Gasteiger partial charge in [0.2, 0.25) is 0 Å². The molecule has 88 valence electrons. The predicted octanol–water partition coefficient (Wildman–Crippen LogP) is 2.84. The van der Waals surface area contributed by atoms with E-state index >= 15 is 0 Å². The Morgan fingerprint density at radius 2 is 2.12 bits per heavy atom. The Morgan fingerprint density at radius 3 is 2.76 bits per heavy atom. The summed E-state index contributed by atoms with van der Waals surface area (Å²) in [4.78, 5) is 11.9. The summed E-state index contributed by atoms with van der Waals surface area (Å²) in [6.07, 6.45) is 4.19. The monoisotopic (exact) mass is 252 g/mol. The standard InChI is InChI=1S/C11H10ClFN4/c1-7(9-3-2-8(13)4-15-9)16-11-6-14-5-10(12)17-11/h2-7H,1H3,(H,16,17). The second kappa shape index (κ2) is 5.05. The van der Waals surface area contributed by atoms with Gasteiger partial charge in [0.05, 0.1) is 30.3 Å². The molecule has 1 atom stereocenters. The van der Waals surface area contributed by atoms with E-state index in [1.807, 2.05) is 6.92 Å². The molecular formula is C11H10ClFN4. The summed E-state index contributed by atoms with van der Waals surface area (Å²) < 4.78 is 12.7. The van der Waals surface area contributed by atoms with Crippen molar-refractivity contribution in [3.05, 3.63) is 47.4 Å². The van der Waals surface area contributed by atoms with Crippen molar-refractivity contribution in [3.8, 4) is 0 Å². The fourth-order valence-electron chi connectivity index (χ4n) is 1.35. The fraction of sp³-hybridized carbons (Fsp3) is 0.182. The molecule has 1 unspecified atom stereocenters. The Hall–Kier alpha value is -1.75. The number of rotatable bonds is 3. The molecule has 0 aliphatic heterocycles. The lowest BCUT2D eigenvalue weighted by Gasteiger charge is -2.13. The van der Waals surface area contributed by atoms with E-state index in [-0.39, 0.29) is 11.9 Å². The minimum atomic E-state index is -0.358. The first kappa shape index (κ1) is 11.7. The van der Waals surface area contributed by atoms with Crippen LogP contribution in [0.25, 0.3) is 0 Å². The average Bonchev–Trinajstić information content (AvgIpc) is 2.29. The average molecular weight is 253 g/mol. The molecule has 2 aromatic rings. The molecule has 2 aromatic heterocycles. The predicted molar refractivity (Wildman–Crippen MR) is 63.3 cm³/mol. The van der Waals surface area contributed by atoms with E-state index in [4.69, 9.17) is 11.6 Å². The van der Waals surface area contributed by atoms with E-state index in [0.29, 0.717) is 16.7 Å². The van der Waals surface area contributed by atoms with Crippen LogP contribution in [0.4, 0.5) is 10.2 Å². The lowest BCUT2D eigenvalue weighted by Crippen LogP contribution is -2.09. The molecule has 0 radical (unpaired) electrons. The first-order valence-electron chi connectivity index (χ1n) is 5.00. The number of hydrogen-bond acceptors (Lipinski definition) is 4. The number of hydrogen-bond donors (Lipinski definition) is 1. The molecule has 6 heteroatoms. The van der Waals surface area contributed by atoms with Gasteiger partial charge in [-0.3, -0.25) is 9.97 Å². The van der Waals surface area contributed by atoms with Crippen molar-refractivity contribution >= 4 is 17.4 Å². The van der Waals surface area contributed by atoms with Crippen LogP contribution < -0.4 is 5.32 Å². The van der Waals surface area contributed by atoms with Gasteiger partial charge in [0.1, 0.15) is 16.8 Å². The van der Waals surface area contributed by atoms with Crippen LogP contribution in [0.5, 0.6) is 0 Å². The second-order valence-corrected chi connectivity index (χ2v) is 3.88. The first-order valence-corrected chi connectivity index (χ1v) is 5.38. The van der Waals surface area contributed by atoms with Crippen molar-refractivity contribution in [1.82, 2.24) is 15.0 Å². The molecule has 0 aliphatic carbocycles. The first-order chi connectivity index (χ1) is 8.15. The van der Waals surface area contributed by atoms with Crippen LogP contribution in [0.15, 0.2) is 30.7 Å². The lowest BCUT2D eigenvalue weighted by atomic mass is 10.2. The number of anilines is 1. The highest BCUT2D eigenvalue weighted by Gasteiger charge is 2.08. The Kier molecular flexibility index (Phi) is 3.49. The van der Waals surface area contributed by atoms with Gasteiger partial charge >= 0.3 is 0 Å². The summed E-state index contributed by atoms with van der Waals surface area (Å²) in [5.41, 5.74) is 0.716. The summed E-state index contributed by atoms with van der Waals surface area (Å²) in [6.45, 7) is 1.89. The van der Waals surface area contributed by atoms with Crippen molar-refractivity contribution in [2.75, 3.05) is 5.32 Å². The van der Waals surface area contributed by atoms with Gasteiger partial charge in [0.25, 0.3) is 0 Å². The second-order valence-electron chi connectivity index (χ2n) is 3.49. The molecule has 17 heavy (non-hydrogen) atoms. The SMILES string of the molecule is CC(Nc1cncc(Cl)n1)c1ccc(F)cn1. The van der Waals surface area contributed by atoms with Gasteiger partial charge < -0.3 is 5.32 Å². The Bertz CT molecular complexity index is 503. The summed E-state index contributed by atoms with van der Waals surface area (Å²) in [7, 11) is 0. The minimum Gasteiger partial charge on any atom is -0.361 e. The van der Waals surface area contributed by atoms with E-state index in [2.05, 4.69) is 20.3 Å². The quantitative estimate of drug-likeness (QED) is 0.913. The normalized spacial score (nSPS) is 12.2. The maximum Gasteiger partial charge on any atom is 0.149 e. The molecule has 0 bridgehead atoms. The van der Waals surface area contributed by atoms with Crippen LogP contribution in [0.3, 0.4) is 0 Å². The molecule has 1 N–H and O–H groups in total. The number of aromatic nitrogens is 3. The molecule has 0 fully saturated rings. The molecule has 4 nitrogen and oxygen atoms in total. The summed E-state index contributed by atoms with van der Waals surface area (Å²) in [6, 6.07) is 2.87. The molecule has 0 aromatic carbocycles. The third-order valence-corrected chi connectivity index (χ3v) is 2.35. The van der Waals surface area contributed by atoms with E-state index < -0.39 is 0 Å². The third-order valence-electron chi connectivity index (χ3n) is 2.16. The van der Waals surface area contributed by atoms with Crippen molar-refractivity contribution in [1.29, 1.82) is 0 Å². The molecule has 0 spiro atoms. The third kappa shape index (κ3) is 3.10. The van der Waals surface area contributed by atoms with Gasteiger partial charge in [-0.25, -0.2) is 9.37 Å². The van der Waals surface area contributed by atoms with Crippen molar-refractivity contribution in [3.63, 3.8) is 0 Å². The van der Waals surface area contributed by atoms with E-state index in [1.165, 1.54) is 18.5 Å². The van der Waals surface area contributed by atoms with Gasteiger partial charge in [-0.15, -0.1) is 0 Å². The molecule has 2 heterocycles. The van der Waals surface area contributed by atoms with Gasteiger partial charge in [0.15, 0.2) is 0 Å². The van der Waals surface area contributed by atoms with Gasteiger partial charge in [-0.2, -0.15) is 0 Å². The lowest BCUT2D eigenvalue weighted by molar-refractivity contribution is 0.617.